The first kappa shape index (κ1) is 21.1. The maximum atomic E-state index is 12.4. The van der Waals surface area contributed by atoms with Crippen molar-refractivity contribution in [2.24, 2.45) is 0 Å². The van der Waals surface area contributed by atoms with E-state index in [1.807, 2.05) is 61.5 Å². The number of nitrogens with zero attached hydrogens (tertiary/aromatic N) is 2. The fourth-order valence-electron chi connectivity index (χ4n) is 3.52. The van der Waals surface area contributed by atoms with Crippen LogP contribution in [0, 0.1) is 6.92 Å². The minimum atomic E-state index is -0.0851. The van der Waals surface area contributed by atoms with Crippen molar-refractivity contribution in [1.82, 2.24) is 14.9 Å². The van der Waals surface area contributed by atoms with Crippen LogP contribution in [0.1, 0.15) is 21.7 Å². The maximum Gasteiger partial charge on any atom is 0.251 e. The van der Waals surface area contributed by atoms with E-state index in [2.05, 4.69) is 31.9 Å². The number of benzene rings is 3. The number of ether oxygens (including phenoxy) is 1. The number of carbonyl (C=O) groups is 1. The third kappa shape index (κ3) is 5.14. The average Bonchev–Trinajstić information content (AvgIpc) is 3.13. The van der Waals surface area contributed by atoms with Crippen molar-refractivity contribution in [3.05, 3.63) is 94.2 Å². The van der Waals surface area contributed by atoms with Gasteiger partial charge >= 0.3 is 0 Å². The Hall–Kier alpha value is -3.12. The van der Waals surface area contributed by atoms with Crippen molar-refractivity contribution >= 4 is 32.9 Å². The summed E-state index contributed by atoms with van der Waals surface area (Å²) >= 11 is 3.39. The smallest absolute Gasteiger partial charge is 0.251 e. The van der Waals surface area contributed by atoms with Gasteiger partial charge in [-0.1, -0.05) is 46.3 Å². The molecule has 1 heterocycles. The number of aryl methyl sites for hydroxylation is 1. The van der Waals surface area contributed by atoms with Crippen LogP contribution >= 0.6 is 15.9 Å². The molecule has 5 nitrogen and oxygen atoms in total. The lowest BCUT2D eigenvalue weighted by atomic mass is 10.2. The highest BCUT2D eigenvalue weighted by atomic mass is 79.9. The van der Waals surface area contributed by atoms with Crippen molar-refractivity contribution in [2.45, 2.75) is 19.9 Å². The minimum absolute atomic E-state index is 0.0851. The summed E-state index contributed by atoms with van der Waals surface area (Å²) in [5.41, 5.74) is 3.79. The van der Waals surface area contributed by atoms with E-state index in [0.29, 0.717) is 31.7 Å². The quantitative estimate of drug-likeness (QED) is 0.381. The van der Waals surface area contributed by atoms with Crippen LogP contribution in [0.3, 0.4) is 0 Å². The number of para-hydroxylation sites is 3. The molecule has 0 aliphatic heterocycles. The second-order valence-corrected chi connectivity index (χ2v) is 8.21. The molecule has 0 bridgehead atoms. The lowest BCUT2D eigenvalue weighted by molar-refractivity contribution is 0.0954. The number of imidazole rings is 1. The van der Waals surface area contributed by atoms with Crippen LogP contribution in [0.5, 0.6) is 5.75 Å². The molecule has 0 aliphatic carbocycles. The number of nitrogens with one attached hydrogen (secondary N) is 1. The second-order valence-electron chi connectivity index (χ2n) is 7.30. The van der Waals surface area contributed by atoms with Gasteiger partial charge in [-0.05, 0) is 55.0 Å². The maximum absolute atomic E-state index is 12.4. The number of amides is 1. The molecule has 0 atom stereocenters. The van der Waals surface area contributed by atoms with Gasteiger partial charge in [0.2, 0.25) is 0 Å². The Labute approximate surface area is 190 Å². The average molecular weight is 478 g/mol. The van der Waals surface area contributed by atoms with Crippen LogP contribution < -0.4 is 10.1 Å². The normalized spacial score (nSPS) is 10.9. The molecule has 0 aliphatic rings. The van der Waals surface area contributed by atoms with E-state index in [1.54, 1.807) is 12.1 Å². The van der Waals surface area contributed by atoms with E-state index in [1.165, 1.54) is 0 Å². The van der Waals surface area contributed by atoms with Gasteiger partial charge in [0.05, 0.1) is 17.6 Å². The predicted octanol–water partition coefficient (Wildman–Crippen LogP) is 5.16. The third-order valence-corrected chi connectivity index (χ3v) is 5.67. The highest BCUT2D eigenvalue weighted by molar-refractivity contribution is 9.10. The lowest BCUT2D eigenvalue weighted by Gasteiger charge is -2.12. The molecule has 0 saturated carbocycles. The molecule has 0 saturated heterocycles. The zero-order chi connectivity index (χ0) is 21.6. The van der Waals surface area contributed by atoms with Gasteiger partial charge in [0, 0.05) is 23.0 Å². The van der Waals surface area contributed by atoms with Gasteiger partial charge in [0.1, 0.15) is 18.2 Å². The molecule has 1 amide bonds. The summed E-state index contributed by atoms with van der Waals surface area (Å²) in [5.74, 6) is 1.75. The lowest BCUT2D eigenvalue weighted by Crippen LogP contribution is -2.26. The molecular weight excluding hydrogens is 454 g/mol. The molecule has 0 spiro atoms. The van der Waals surface area contributed by atoms with Gasteiger partial charge in [-0.15, -0.1) is 0 Å². The van der Waals surface area contributed by atoms with E-state index in [-0.39, 0.29) is 5.91 Å². The van der Waals surface area contributed by atoms with Gasteiger partial charge in [-0.2, -0.15) is 0 Å². The first-order valence-corrected chi connectivity index (χ1v) is 11.1. The zero-order valence-corrected chi connectivity index (χ0v) is 18.9. The summed E-state index contributed by atoms with van der Waals surface area (Å²) in [5, 5.41) is 2.99. The Morgan fingerprint density at radius 3 is 2.58 bits per heavy atom. The van der Waals surface area contributed by atoms with Crippen molar-refractivity contribution in [3.63, 3.8) is 0 Å². The van der Waals surface area contributed by atoms with Crippen LogP contribution in [0.2, 0.25) is 0 Å². The number of hydrogen-bond acceptors (Lipinski definition) is 3. The van der Waals surface area contributed by atoms with Gasteiger partial charge in [-0.25, -0.2) is 4.98 Å². The standard InChI is InChI=1S/C25H24BrN3O2/c1-18-6-2-5-9-23(18)31-17-16-29-22-8-4-3-7-21(22)28-24(29)14-15-27-25(30)19-10-12-20(26)13-11-19/h2-13H,14-17H2,1H3,(H,27,30). The molecule has 1 N–H and O–H groups in total. The fourth-order valence-corrected chi connectivity index (χ4v) is 3.79. The van der Waals surface area contributed by atoms with E-state index in [0.717, 1.165) is 32.6 Å². The largest absolute Gasteiger partial charge is 0.491 e. The van der Waals surface area contributed by atoms with Gasteiger partial charge < -0.3 is 14.6 Å². The predicted molar refractivity (Wildman–Crippen MR) is 127 cm³/mol. The summed E-state index contributed by atoms with van der Waals surface area (Å²) in [6, 6.07) is 23.4. The number of rotatable bonds is 8. The Balaban J connectivity index is 1.42. The molecule has 1 aromatic heterocycles. The summed E-state index contributed by atoms with van der Waals surface area (Å²) in [7, 11) is 0. The topological polar surface area (TPSA) is 56.1 Å². The fraction of sp³-hybridized carbons (Fsp3) is 0.200. The van der Waals surface area contributed by atoms with Gasteiger partial charge in [0.15, 0.2) is 0 Å². The Kier molecular flexibility index (Phi) is 6.67. The molecule has 0 fully saturated rings. The van der Waals surface area contributed by atoms with E-state index in [9.17, 15) is 4.79 Å². The van der Waals surface area contributed by atoms with Crippen LogP contribution in [-0.4, -0.2) is 28.6 Å². The molecule has 158 valence electrons. The summed E-state index contributed by atoms with van der Waals surface area (Å²) < 4.78 is 9.13. The highest BCUT2D eigenvalue weighted by Gasteiger charge is 2.12. The van der Waals surface area contributed by atoms with Crippen molar-refractivity contribution in [2.75, 3.05) is 13.2 Å². The molecule has 0 unspecified atom stereocenters. The number of halogens is 1. The summed E-state index contributed by atoms with van der Waals surface area (Å²) in [6.07, 6.45) is 0.640. The van der Waals surface area contributed by atoms with Crippen molar-refractivity contribution in [1.29, 1.82) is 0 Å². The van der Waals surface area contributed by atoms with Gasteiger partial charge in [-0.3, -0.25) is 4.79 Å². The Morgan fingerprint density at radius 1 is 1.03 bits per heavy atom. The molecule has 0 radical (unpaired) electrons. The van der Waals surface area contributed by atoms with E-state index in [4.69, 9.17) is 9.72 Å². The molecule has 4 rings (SSSR count). The Morgan fingerprint density at radius 2 is 1.77 bits per heavy atom. The zero-order valence-electron chi connectivity index (χ0n) is 17.3. The van der Waals surface area contributed by atoms with Crippen LogP contribution in [0.4, 0.5) is 0 Å². The Bertz CT molecular complexity index is 1190. The van der Waals surface area contributed by atoms with Crippen LogP contribution in [0.25, 0.3) is 11.0 Å². The number of aromatic nitrogens is 2. The van der Waals surface area contributed by atoms with Gasteiger partial charge in [0.25, 0.3) is 5.91 Å². The molecular formula is C25H24BrN3O2. The third-order valence-electron chi connectivity index (χ3n) is 5.14. The monoisotopic (exact) mass is 477 g/mol. The SMILES string of the molecule is Cc1ccccc1OCCn1c(CCNC(=O)c2ccc(Br)cc2)nc2ccccc21. The number of carbonyl (C=O) groups excluding carboxylic acids is 1. The first-order chi connectivity index (χ1) is 15.1. The van der Waals surface area contributed by atoms with E-state index >= 15 is 0 Å². The van der Waals surface area contributed by atoms with Crippen molar-refractivity contribution < 1.29 is 9.53 Å². The second kappa shape index (κ2) is 9.79. The molecule has 3 aromatic carbocycles. The number of hydrogen-bond donors (Lipinski definition) is 1. The van der Waals surface area contributed by atoms with Crippen LogP contribution in [0.15, 0.2) is 77.3 Å². The van der Waals surface area contributed by atoms with Crippen molar-refractivity contribution in [3.8, 4) is 5.75 Å². The van der Waals surface area contributed by atoms with Crippen LogP contribution in [-0.2, 0) is 13.0 Å². The molecule has 31 heavy (non-hydrogen) atoms. The summed E-state index contributed by atoms with van der Waals surface area (Å²) in [6.45, 7) is 3.78. The summed E-state index contributed by atoms with van der Waals surface area (Å²) in [4.78, 5) is 17.2. The number of fused-ring (bicyclic) bond motifs is 1. The molecule has 6 heteroatoms. The molecule has 4 aromatic rings. The highest BCUT2D eigenvalue weighted by Crippen LogP contribution is 2.19. The van der Waals surface area contributed by atoms with E-state index < -0.39 is 0 Å². The first-order valence-electron chi connectivity index (χ1n) is 10.3. The minimum Gasteiger partial charge on any atom is -0.491 e.